The highest BCUT2D eigenvalue weighted by molar-refractivity contribution is 7.82. The molecule has 20 heavy (non-hydrogen) atoms. The molecule has 2 aromatic carbocycles. The van der Waals surface area contributed by atoms with Gasteiger partial charge in [0.15, 0.2) is 0 Å². The summed E-state index contributed by atoms with van der Waals surface area (Å²) in [5.74, 6) is 0. The lowest BCUT2D eigenvalue weighted by Gasteiger charge is -2.25. The topological polar surface area (TPSA) is 23.8 Å². The molecule has 0 unspecified atom stereocenters. The van der Waals surface area contributed by atoms with Crippen LogP contribution < -0.4 is 0 Å². The molecule has 0 atom stereocenters. The predicted octanol–water partition coefficient (Wildman–Crippen LogP) is 4.47. The van der Waals surface area contributed by atoms with E-state index < -0.39 is 0 Å². The third kappa shape index (κ3) is 4.95. The lowest BCUT2D eigenvalue weighted by molar-refractivity contribution is 0.707. The zero-order chi connectivity index (χ0) is 14.8. The van der Waals surface area contributed by atoms with E-state index >= 15 is 0 Å². The Morgan fingerprint density at radius 2 is 1.25 bits per heavy atom. The molecule has 0 heterocycles. The van der Waals surface area contributed by atoms with Crippen molar-refractivity contribution in [1.29, 1.82) is 5.26 Å². The zero-order valence-electron chi connectivity index (χ0n) is 11.4. The molecule has 0 aliphatic rings. The van der Waals surface area contributed by atoms with Crippen LogP contribution in [0.4, 0.5) is 0 Å². The first-order chi connectivity index (χ1) is 9.72. The quantitative estimate of drug-likeness (QED) is 0.634. The van der Waals surface area contributed by atoms with Gasteiger partial charge in [0.05, 0.1) is 0 Å². The minimum absolute atomic E-state index is 0.192. The lowest BCUT2D eigenvalue weighted by atomic mass is 9.91. The number of thiol groups is 1. The summed E-state index contributed by atoms with van der Waals surface area (Å²) in [6.07, 6.45) is 3.75. The molecule has 0 fully saturated rings. The van der Waals surface area contributed by atoms with Crippen molar-refractivity contribution < 1.29 is 0 Å². The Kier molecular flexibility index (Phi) is 6.63. The van der Waals surface area contributed by atoms with Crippen LogP contribution in [0, 0.1) is 11.8 Å². The Hall–Kier alpha value is -1.98. The van der Waals surface area contributed by atoms with Crippen LogP contribution in [-0.4, -0.2) is 4.75 Å². The first kappa shape index (κ1) is 16.1. The first-order valence-electron chi connectivity index (χ1n) is 6.41. The molecule has 2 rings (SSSR count). The number of nitriles is 1. The highest BCUT2D eigenvalue weighted by Crippen LogP contribution is 2.26. The largest absolute Gasteiger partial charge is 0.202 e. The maximum absolute atomic E-state index is 6.50. The number of hydrogen-bond acceptors (Lipinski definition) is 2. The van der Waals surface area contributed by atoms with Gasteiger partial charge in [-0.15, -0.1) is 6.58 Å². The van der Waals surface area contributed by atoms with Gasteiger partial charge in [-0.25, -0.2) is 5.26 Å². The van der Waals surface area contributed by atoms with Gasteiger partial charge < -0.3 is 0 Å². The van der Waals surface area contributed by atoms with E-state index in [0.29, 0.717) is 0 Å². The predicted molar refractivity (Wildman–Crippen MR) is 88.9 cm³/mol. The highest BCUT2D eigenvalue weighted by atomic mass is 32.1. The Morgan fingerprint density at radius 3 is 1.55 bits per heavy atom. The van der Waals surface area contributed by atoms with Crippen LogP contribution in [-0.2, 0) is 12.8 Å². The molecule has 0 aliphatic carbocycles. The van der Waals surface area contributed by atoms with Gasteiger partial charge in [0, 0.05) is 11.3 Å². The van der Waals surface area contributed by atoms with Crippen LogP contribution in [0.3, 0.4) is 0 Å². The summed E-state index contributed by atoms with van der Waals surface area (Å²) in [5.41, 5.74) is 2.59. The molecule has 102 valence electrons. The molecule has 0 radical (unpaired) electrons. The summed E-state index contributed by atoms with van der Waals surface area (Å²) in [6.45, 7) is 7.45. The van der Waals surface area contributed by atoms with Crippen LogP contribution in [0.25, 0.3) is 0 Å². The van der Waals surface area contributed by atoms with Crippen molar-refractivity contribution in [2.75, 3.05) is 0 Å². The van der Waals surface area contributed by atoms with Gasteiger partial charge >= 0.3 is 0 Å². The Morgan fingerprint density at radius 1 is 0.900 bits per heavy atom. The summed E-state index contributed by atoms with van der Waals surface area (Å²) >= 11 is 4.82. The summed E-state index contributed by atoms with van der Waals surface area (Å²) < 4.78 is -0.192. The van der Waals surface area contributed by atoms with E-state index in [1.807, 2.05) is 18.2 Å². The summed E-state index contributed by atoms with van der Waals surface area (Å²) in [4.78, 5) is 0. The average Bonchev–Trinajstić information content (AvgIpc) is 2.51. The van der Waals surface area contributed by atoms with Gasteiger partial charge in [-0.3, -0.25) is 0 Å². The van der Waals surface area contributed by atoms with Crippen molar-refractivity contribution in [1.82, 2.24) is 0 Å². The Labute approximate surface area is 127 Å². The number of rotatable bonds is 5. The third-order valence-electron chi connectivity index (χ3n) is 3.09. The zero-order valence-corrected chi connectivity index (χ0v) is 12.3. The minimum Gasteiger partial charge on any atom is -0.202 e. The fourth-order valence-corrected chi connectivity index (χ4v) is 2.47. The highest BCUT2D eigenvalue weighted by Gasteiger charge is 2.22. The monoisotopic (exact) mass is 281 g/mol. The van der Waals surface area contributed by atoms with E-state index in [2.05, 4.69) is 61.7 Å². The van der Waals surface area contributed by atoms with E-state index in [1.54, 1.807) is 0 Å². The fraction of sp³-hybridized carbons (Fsp3) is 0.167. The molecule has 0 N–H and O–H groups in total. The molecule has 0 aromatic heterocycles. The van der Waals surface area contributed by atoms with Gasteiger partial charge in [-0.05, 0) is 24.0 Å². The lowest BCUT2D eigenvalue weighted by Crippen LogP contribution is -2.24. The normalized spacial score (nSPS) is 10.2. The smallest absolute Gasteiger partial charge is 0.0462 e. The molecule has 1 nitrogen and oxygen atoms in total. The van der Waals surface area contributed by atoms with E-state index in [9.17, 15) is 0 Å². The standard InChI is InChI=1S/C17H18S.CHN/c1-2-17(18,13-15-9-5-3-6-10-15)14-16-11-7-4-8-12-16;1-2/h2-12,18H,1,13-14H2;1H. The van der Waals surface area contributed by atoms with Gasteiger partial charge in [0.1, 0.15) is 0 Å². The summed E-state index contributed by atoms with van der Waals surface area (Å²) in [6, 6.07) is 20.9. The fourth-order valence-electron chi connectivity index (χ4n) is 2.11. The van der Waals surface area contributed by atoms with Crippen molar-refractivity contribution >= 4 is 12.6 Å². The summed E-state index contributed by atoms with van der Waals surface area (Å²) in [5, 5.41) is 6.50. The molecule has 0 spiro atoms. The number of hydrogen-bond donors (Lipinski definition) is 1. The molecule has 0 amide bonds. The maximum Gasteiger partial charge on any atom is 0.0462 e. The molecule has 2 heteroatoms. The second-order valence-electron chi connectivity index (χ2n) is 4.63. The molecule has 2 aromatic rings. The molecule has 0 saturated carbocycles. The maximum atomic E-state index is 6.50. The van der Waals surface area contributed by atoms with Crippen molar-refractivity contribution in [2.24, 2.45) is 0 Å². The van der Waals surface area contributed by atoms with E-state index in [0.717, 1.165) is 12.8 Å². The second kappa shape index (κ2) is 8.24. The van der Waals surface area contributed by atoms with Crippen LogP contribution in [0.5, 0.6) is 0 Å². The van der Waals surface area contributed by atoms with Crippen LogP contribution in [0.1, 0.15) is 11.1 Å². The molecular formula is C18H19NS. The van der Waals surface area contributed by atoms with Gasteiger partial charge in [0.2, 0.25) is 0 Å². The average molecular weight is 281 g/mol. The van der Waals surface area contributed by atoms with Crippen LogP contribution in [0.2, 0.25) is 0 Å². The molecule has 0 saturated heterocycles. The van der Waals surface area contributed by atoms with Crippen LogP contribution >= 0.6 is 12.6 Å². The second-order valence-corrected chi connectivity index (χ2v) is 5.52. The van der Waals surface area contributed by atoms with E-state index in [1.165, 1.54) is 11.1 Å². The summed E-state index contributed by atoms with van der Waals surface area (Å²) in [7, 11) is 0. The van der Waals surface area contributed by atoms with Gasteiger partial charge in [-0.2, -0.15) is 12.6 Å². The van der Waals surface area contributed by atoms with Gasteiger partial charge in [0.25, 0.3) is 0 Å². The van der Waals surface area contributed by atoms with Gasteiger partial charge in [-0.1, -0.05) is 66.7 Å². The number of nitrogens with zero attached hydrogens (tertiary/aromatic N) is 1. The molecule has 0 aliphatic heterocycles. The van der Waals surface area contributed by atoms with Crippen molar-refractivity contribution in [3.63, 3.8) is 0 Å². The first-order valence-corrected chi connectivity index (χ1v) is 6.86. The number of benzene rings is 2. The molecule has 0 bridgehead atoms. The Bertz CT molecular complexity index is 490. The van der Waals surface area contributed by atoms with Crippen molar-refractivity contribution in [3.8, 4) is 6.57 Å². The molecular weight excluding hydrogens is 262 g/mol. The Balaban J connectivity index is 0.000000956. The third-order valence-corrected chi connectivity index (χ3v) is 3.58. The van der Waals surface area contributed by atoms with E-state index in [4.69, 9.17) is 17.9 Å². The SMILES string of the molecule is C#N.C=CC(S)(Cc1ccccc1)Cc1ccccc1. The van der Waals surface area contributed by atoms with E-state index in [-0.39, 0.29) is 4.75 Å². The minimum atomic E-state index is -0.192. The van der Waals surface area contributed by atoms with Crippen LogP contribution in [0.15, 0.2) is 73.3 Å². The van der Waals surface area contributed by atoms with Crippen molar-refractivity contribution in [3.05, 3.63) is 84.4 Å². The van der Waals surface area contributed by atoms with Crippen molar-refractivity contribution in [2.45, 2.75) is 17.6 Å².